The van der Waals surface area contributed by atoms with Gasteiger partial charge >= 0.3 is 0 Å². The van der Waals surface area contributed by atoms with Gasteiger partial charge in [0.25, 0.3) is 0 Å². The van der Waals surface area contributed by atoms with E-state index >= 15 is 0 Å². The Morgan fingerprint density at radius 2 is 2.08 bits per heavy atom. The maximum absolute atomic E-state index is 12.4. The number of pyridine rings is 1. The van der Waals surface area contributed by atoms with Crippen LogP contribution in [0.25, 0.3) is 0 Å². The number of nitrogens with zero attached hydrogens (tertiary/aromatic N) is 2. The standard InChI is InChI=1S/C18H18BrN3O2/c1-11-8-14(19)6-7-15(11)22-10-13(9-17(22)23)18(24)21-16-5-3-4-12(2)20-16/h3-8,13H,9-10H2,1-2H3,(H,20,21,24). The van der Waals surface area contributed by atoms with Gasteiger partial charge in [0.1, 0.15) is 5.82 Å². The molecule has 5 nitrogen and oxygen atoms in total. The first-order chi connectivity index (χ1) is 11.4. The van der Waals surface area contributed by atoms with Crippen molar-refractivity contribution in [2.24, 2.45) is 5.92 Å². The molecule has 1 aliphatic heterocycles. The molecule has 1 saturated heterocycles. The molecule has 1 aromatic heterocycles. The minimum absolute atomic E-state index is 0.0298. The number of amides is 2. The highest BCUT2D eigenvalue weighted by atomic mass is 79.9. The third-order valence-electron chi connectivity index (χ3n) is 4.09. The Labute approximate surface area is 149 Å². The Kier molecular flexibility index (Phi) is 4.66. The number of carbonyl (C=O) groups is 2. The fourth-order valence-corrected chi connectivity index (χ4v) is 3.35. The molecule has 1 unspecified atom stereocenters. The van der Waals surface area contributed by atoms with Crippen molar-refractivity contribution in [3.05, 3.63) is 52.1 Å². The number of hydrogen-bond acceptors (Lipinski definition) is 3. The Bertz CT molecular complexity index is 807. The van der Waals surface area contributed by atoms with Crippen molar-refractivity contribution in [3.8, 4) is 0 Å². The average Bonchev–Trinajstić information content (AvgIpc) is 2.89. The molecule has 0 saturated carbocycles. The fourth-order valence-electron chi connectivity index (χ4n) is 2.88. The van der Waals surface area contributed by atoms with Crippen molar-refractivity contribution in [2.45, 2.75) is 20.3 Å². The molecule has 1 atom stereocenters. The predicted molar refractivity (Wildman–Crippen MR) is 96.9 cm³/mol. The van der Waals surface area contributed by atoms with Crippen molar-refractivity contribution in [1.82, 2.24) is 4.98 Å². The van der Waals surface area contributed by atoms with Crippen molar-refractivity contribution in [2.75, 3.05) is 16.8 Å². The molecule has 3 rings (SSSR count). The first-order valence-electron chi connectivity index (χ1n) is 7.75. The Morgan fingerprint density at radius 3 is 2.79 bits per heavy atom. The lowest BCUT2D eigenvalue weighted by molar-refractivity contribution is -0.122. The SMILES string of the molecule is Cc1cccc(NC(=O)C2CC(=O)N(c3ccc(Br)cc3C)C2)n1. The molecule has 1 N–H and O–H groups in total. The van der Waals surface area contributed by atoms with Gasteiger partial charge in [-0.1, -0.05) is 22.0 Å². The van der Waals surface area contributed by atoms with Crippen molar-refractivity contribution >= 4 is 39.2 Å². The minimum Gasteiger partial charge on any atom is -0.311 e. The number of halogens is 1. The second-order valence-electron chi connectivity index (χ2n) is 5.99. The molecule has 24 heavy (non-hydrogen) atoms. The summed E-state index contributed by atoms with van der Waals surface area (Å²) in [4.78, 5) is 30.8. The van der Waals surface area contributed by atoms with E-state index in [9.17, 15) is 9.59 Å². The van der Waals surface area contributed by atoms with Crippen LogP contribution in [-0.2, 0) is 9.59 Å². The van der Waals surface area contributed by atoms with E-state index in [1.165, 1.54) is 0 Å². The van der Waals surface area contributed by atoms with Crippen molar-refractivity contribution in [3.63, 3.8) is 0 Å². The van der Waals surface area contributed by atoms with E-state index in [1.54, 1.807) is 11.0 Å². The summed E-state index contributed by atoms with van der Waals surface area (Å²) < 4.78 is 0.968. The lowest BCUT2D eigenvalue weighted by Crippen LogP contribution is -2.28. The van der Waals surface area contributed by atoms with Crippen LogP contribution in [0.2, 0.25) is 0 Å². The highest BCUT2D eigenvalue weighted by Crippen LogP contribution is 2.30. The van der Waals surface area contributed by atoms with E-state index in [0.29, 0.717) is 12.4 Å². The summed E-state index contributed by atoms with van der Waals surface area (Å²) >= 11 is 3.42. The van der Waals surface area contributed by atoms with E-state index in [0.717, 1.165) is 21.4 Å². The van der Waals surface area contributed by atoms with Gasteiger partial charge < -0.3 is 10.2 Å². The molecule has 0 aliphatic carbocycles. The maximum atomic E-state index is 12.4. The van der Waals surface area contributed by atoms with Crippen LogP contribution in [0.15, 0.2) is 40.9 Å². The number of benzene rings is 1. The highest BCUT2D eigenvalue weighted by molar-refractivity contribution is 9.10. The summed E-state index contributed by atoms with van der Waals surface area (Å²) in [5.74, 6) is -0.0509. The molecular weight excluding hydrogens is 370 g/mol. The van der Waals surface area contributed by atoms with Crippen LogP contribution in [-0.4, -0.2) is 23.3 Å². The zero-order chi connectivity index (χ0) is 17.3. The smallest absolute Gasteiger partial charge is 0.230 e. The molecule has 2 amide bonds. The summed E-state index contributed by atoms with van der Waals surface area (Å²) in [6.45, 7) is 4.21. The topological polar surface area (TPSA) is 62.3 Å². The first-order valence-corrected chi connectivity index (χ1v) is 8.54. The van der Waals surface area contributed by atoms with E-state index in [4.69, 9.17) is 0 Å². The molecular formula is C18H18BrN3O2. The van der Waals surface area contributed by atoms with Crippen molar-refractivity contribution in [1.29, 1.82) is 0 Å². The lowest BCUT2D eigenvalue weighted by Gasteiger charge is -2.19. The van der Waals surface area contributed by atoms with Crippen LogP contribution in [0.4, 0.5) is 11.5 Å². The van der Waals surface area contributed by atoms with Gasteiger partial charge in [-0.3, -0.25) is 9.59 Å². The van der Waals surface area contributed by atoms with Gasteiger partial charge in [0, 0.05) is 28.8 Å². The van der Waals surface area contributed by atoms with Gasteiger partial charge in [-0.05, 0) is 49.7 Å². The van der Waals surface area contributed by atoms with E-state index in [2.05, 4.69) is 26.2 Å². The van der Waals surface area contributed by atoms with Gasteiger partial charge in [0.2, 0.25) is 11.8 Å². The largest absolute Gasteiger partial charge is 0.311 e. The quantitative estimate of drug-likeness (QED) is 0.876. The molecule has 2 aromatic rings. The number of aromatic nitrogens is 1. The van der Waals surface area contributed by atoms with E-state index in [1.807, 2.05) is 44.2 Å². The molecule has 1 aromatic carbocycles. The molecule has 1 aliphatic rings. The third kappa shape index (κ3) is 3.48. The molecule has 124 valence electrons. The van der Waals surface area contributed by atoms with E-state index in [-0.39, 0.29) is 24.2 Å². The van der Waals surface area contributed by atoms with E-state index < -0.39 is 0 Å². The molecule has 0 bridgehead atoms. The Hall–Kier alpha value is -2.21. The number of aryl methyl sites for hydroxylation is 2. The van der Waals surface area contributed by atoms with Crippen LogP contribution >= 0.6 is 15.9 Å². The van der Waals surface area contributed by atoms with Crippen LogP contribution < -0.4 is 10.2 Å². The molecule has 6 heteroatoms. The van der Waals surface area contributed by atoms with Gasteiger partial charge in [-0.25, -0.2) is 4.98 Å². The second kappa shape index (κ2) is 6.73. The molecule has 2 heterocycles. The van der Waals surface area contributed by atoms with Crippen LogP contribution in [0.3, 0.4) is 0 Å². The lowest BCUT2D eigenvalue weighted by atomic mass is 10.1. The van der Waals surface area contributed by atoms with Crippen molar-refractivity contribution < 1.29 is 9.59 Å². The summed E-state index contributed by atoms with van der Waals surface area (Å²) in [6, 6.07) is 11.2. The third-order valence-corrected chi connectivity index (χ3v) is 4.58. The maximum Gasteiger partial charge on any atom is 0.230 e. The number of carbonyl (C=O) groups excluding carboxylic acids is 2. The number of nitrogens with one attached hydrogen (secondary N) is 1. The Morgan fingerprint density at radius 1 is 1.29 bits per heavy atom. The van der Waals surface area contributed by atoms with Gasteiger partial charge in [0.15, 0.2) is 0 Å². The van der Waals surface area contributed by atoms with Gasteiger partial charge in [0.05, 0.1) is 5.92 Å². The summed E-state index contributed by atoms with van der Waals surface area (Å²) in [5, 5.41) is 2.80. The van der Waals surface area contributed by atoms with Gasteiger partial charge in [-0.2, -0.15) is 0 Å². The summed E-state index contributed by atoms with van der Waals surface area (Å²) in [7, 11) is 0. The fraction of sp³-hybridized carbons (Fsp3) is 0.278. The monoisotopic (exact) mass is 387 g/mol. The summed E-state index contributed by atoms with van der Waals surface area (Å²) in [6.07, 6.45) is 0.215. The normalized spacial score (nSPS) is 17.2. The van der Waals surface area contributed by atoms with Crippen LogP contribution in [0.5, 0.6) is 0 Å². The average molecular weight is 388 g/mol. The zero-order valence-electron chi connectivity index (χ0n) is 13.5. The Balaban J connectivity index is 1.73. The van der Waals surface area contributed by atoms with Crippen LogP contribution in [0.1, 0.15) is 17.7 Å². The predicted octanol–water partition coefficient (Wildman–Crippen LogP) is 3.45. The number of anilines is 2. The molecule has 1 fully saturated rings. The van der Waals surface area contributed by atoms with Crippen LogP contribution in [0, 0.1) is 19.8 Å². The van der Waals surface area contributed by atoms with Gasteiger partial charge in [-0.15, -0.1) is 0 Å². The molecule has 0 spiro atoms. The zero-order valence-corrected chi connectivity index (χ0v) is 15.1. The first kappa shape index (κ1) is 16.6. The second-order valence-corrected chi connectivity index (χ2v) is 6.91. The number of rotatable bonds is 3. The summed E-state index contributed by atoms with van der Waals surface area (Å²) in [5.41, 5.74) is 2.69. The molecule has 0 radical (unpaired) electrons. The number of hydrogen-bond donors (Lipinski definition) is 1. The minimum atomic E-state index is -0.372. The highest BCUT2D eigenvalue weighted by Gasteiger charge is 2.35.